The zero-order valence-electron chi connectivity index (χ0n) is 15.6. The first kappa shape index (κ1) is 19.7. The number of carbonyl (C=O) groups excluding carboxylic acids is 1. The molecule has 2 aromatic rings. The molecule has 0 aliphatic heterocycles. The normalized spacial score (nSPS) is 11.9. The predicted octanol–water partition coefficient (Wildman–Crippen LogP) is 3.86. The standard InChI is InChI=1S/C20H25FN2O3/c1-5-23(14(2)15-6-8-16(21)9-7-15)13-20(24)22-17-10-11-18(25-3)19(12-17)26-4/h6-12,14H,5,13H2,1-4H3,(H,22,24). The Morgan fingerprint density at radius 1 is 1.12 bits per heavy atom. The van der Waals surface area contributed by atoms with Gasteiger partial charge in [-0.2, -0.15) is 0 Å². The molecule has 6 heteroatoms. The van der Waals surface area contributed by atoms with Gasteiger partial charge in [0.15, 0.2) is 11.5 Å². The molecule has 1 atom stereocenters. The molecular weight excluding hydrogens is 335 g/mol. The monoisotopic (exact) mass is 360 g/mol. The van der Waals surface area contributed by atoms with Gasteiger partial charge in [-0.15, -0.1) is 0 Å². The lowest BCUT2D eigenvalue weighted by Gasteiger charge is -2.27. The number of carbonyl (C=O) groups is 1. The third kappa shape index (κ3) is 4.95. The highest BCUT2D eigenvalue weighted by atomic mass is 19.1. The summed E-state index contributed by atoms with van der Waals surface area (Å²) in [7, 11) is 3.11. The molecule has 0 saturated carbocycles. The second-order valence-corrected chi connectivity index (χ2v) is 5.91. The molecule has 0 heterocycles. The van der Waals surface area contributed by atoms with E-state index in [0.29, 0.717) is 23.7 Å². The van der Waals surface area contributed by atoms with E-state index in [9.17, 15) is 9.18 Å². The van der Waals surface area contributed by atoms with E-state index in [1.54, 1.807) is 44.6 Å². The molecule has 0 aliphatic rings. The van der Waals surface area contributed by atoms with Crippen LogP contribution < -0.4 is 14.8 Å². The fraction of sp³-hybridized carbons (Fsp3) is 0.350. The number of benzene rings is 2. The summed E-state index contributed by atoms with van der Waals surface area (Å²) < 4.78 is 23.5. The van der Waals surface area contributed by atoms with Crippen molar-refractivity contribution in [2.75, 3.05) is 32.6 Å². The number of amides is 1. The van der Waals surface area contributed by atoms with E-state index in [0.717, 1.165) is 5.56 Å². The molecule has 0 aliphatic carbocycles. The lowest BCUT2D eigenvalue weighted by Crippen LogP contribution is -2.35. The largest absolute Gasteiger partial charge is 0.493 e. The highest BCUT2D eigenvalue weighted by molar-refractivity contribution is 5.92. The van der Waals surface area contributed by atoms with E-state index in [4.69, 9.17) is 9.47 Å². The van der Waals surface area contributed by atoms with Gasteiger partial charge in [0.25, 0.3) is 0 Å². The van der Waals surface area contributed by atoms with Crippen LogP contribution in [0.2, 0.25) is 0 Å². The van der Waals surface area contributed by atoms with Gasteiger partial charge < -0.3 is 14.8 Å². The molecule has 140 valence electrons. The third-order valence-corrected chi connectivity index (χ3v) is 4.32. The zero-order chi connectivity index (χ0) is 19.1. The van der Waals surface area contributed by atoms with Crippen LogP contribution in [0.25, 0.3) is 0 Å². The van der Waals surface area contributed by atoms with Crippen molar-refractivity contribution in [3.05, 3.63) is 53.8 Å². The summed E-state index contributed by atoms with van der Waals surface area (Å²) >= 11 is 0. The summed E-state index contributed by atoms with van der Waals surface area (Å²) in [5.74, 6) is 0.756. The summed E-state index contributed by atoms with van der Waals surface area (Å²) in [6.07, 6.45) is 0. The predicted molar refractivity (Wildman–Crippen MR) is 100 cm³/mol. The SMILES string of the molecule is CCN(CC(=O)Nc1ccc(OC)c(OC)c1)C(C)c1ccc(F)cc1. The molecule has 0 bridgehead atoms. The van der Waals surface area contributed by atoms with Gasteiger partial charge in [-0.1, -0.05) is 19.1 Å². The van der Waals surface area contributed by atoms with Gasteiger partial charge in [0, 0.05) is 17.8 Å². The minimum Gasteiger partial charge on any atom is -0.493 e. The van der Waals surface area contributed by atoms with E-state index in [1.165, 1.54) is 12.1 Å². The summed E-state index contributed by atoms with van der Waals surface area (Å²) in [6.45, 7) is 4.91. The Kier molecular flexibility index (Phi) is 6.97. The van der Waals surface area contributed by atoms with Crippen LogP contribution in [0, 0.1) is 5.82 Å². The van der Waals surface area contributed by atoms with Crippen molar-refractivity contribution in [1.82, 2.24) is 4.90 Å². The van der Waals surface area contributed by atoms with Crippen molar-refractivity contribution in [3.63, 3.8) is 0 Å². The Labute approximate surface area is 153 Å². The second-order valence-electron chi connectivity index (χ2n) is 5.91. The first-order chi connectivity index (χ1) is 12.5. The number of halogens is 1. The van der Waals surface area contributed by atoms with Crippen molar-refractivity contribution in [2.24, 2.45) is 0 Å². The van der Waals surface area contributed by atoms with E-state index in [1.807, 2.05) is 18.7 Å². The van der Waals surface area contributed by atoms with Crippen LogP contribution in [0.3, 0.4) is 0 Å². The number of hydrogen-bond acceptors (Lipinski definition) is 4. The van der Waals surface area contributed by atoms with Crippen LogP contribution in [0.1, 0.15) is 25.5 Å². The maximum atomic E-state index is 13.1. The number of ether oxygens (including phenoxy) is 2. The topological polar surface area (TPSA) is 50.8 Å². The maximum absolute atomic E-state index is 13.1. The van der Waals surface area contributed by atoms with Gasteiger partial charge in [0.1, 0.15) is 5.82 Å². The molecule has 1 amide bonds. The average Bonchev–Trinajstić information content (AvgIpc) is 2.66. The fourth-order valence-electron chi connectivity index (χ4n) is 2.77. The molecule has 1 N–H and O–H groups in total. The van der Waals surface area contributed by atoms with Crippen molar-refractivity contribution in [2.45, 2.75) is 19.9 Å². The van der Waals surface area contributed by atoms with Gasteiger partial charge in [0.2, 0.25) is 5.91 Å². The lowest BCUT2D eigenvalue weighted by molar-refractivity contribution is -0.117. The highest BCUT2D eigenvalue weighted by Crippen LogP contribution is 2.29. The Morgan fingerprint density at radius 3 is 2.35 bits per heavy atom. The summed E-state index contributed by atoms with van der Waals surface area (Å²) in [5.41, 5.74) is 1.60. The van der Waals surface area contributed by atoms with Crippen molar-refractivity contribution >= 4 is 11.6 Å². The molecule has 0 fully saturated rings. The number of nitrogens with one attached hydrogen (secondary N) is 1. The minimum absolute atomic E-state index is 0.00301. The number of rotatable bonds is 8. The van der Waals surface area contributed by atoms with Gasteiger partial charge in [-0.05, 0) is 43.3 Å². The summed E-state index contributed by atoms with van der Waals surface area (Å²) in [4.78, 5) is 14.5. The molecule has 26 heavy (non-hydrogen) atoms. The van der Waals surface area contributed by atoms with Gasteiger partial charge >= 0.3 is 0 Å². The smallest absolute Gasteiger partial charge is 0.238 e. The van der Waals surface area contributed by atoms with E-state index in [-0.39, 0.29) is 24.3 Å². The van der Waals surface area contributed by atoms with Crippen molar-refractivity contribution in [3.8, 4) is 11.5 Å². The Bertz CT molecular complexity index is 734. The molecule has 2 rings (SSSR count). The second kappa shape index (κ2) is 9.20. The molecule has 5 nitrogen and oxygen atoms in total. The van der Waals surface area contributed by atoms with Crippen LogP contribution in [0.15, 0.2) is 42.5 Å². The van der Waals surface area contributed by atoms with E-state index >= 15 is 0 Å². The number of methoxy groups -OCH3 is 2. The van der Waals surface area contributed by atoms with Gasteiger partial charge in [0.05, 0.1) is 20.8 Å². The number of anilines is 1. The molecule has 1 unspecified atom stereocenters. The molecule has 0 radical (unpaired) electrons. The Balaban J connectivity index is 2.03. The minimum atomic E-state index is -0.268. The summed E-state index contributed by atoms with van der Waals surface area (Å²) in [5, 5.41) is 2.87. The Hall–Kier alpha value is -2.60. The number of likely N-dealkylation sites (N-methyl/N-ethyl adjacent to an activating group) is 1. The average molecular weight is 360 g/mol. The molecule has 0 spiro atoms. The van der Waals surface area contributed by atoms with Gasteiger partial charge in [-0.3, -0.25) is 9.69 Å². The Morgan fingerprint density at radius 2 is 1.77 bits per heavy atom. The number of hydrogen-bond donors (Lipinski definition) is 1. The maximum Gasteiger partial charge on any atom is 0.238 e. The van der Waals surface area contributed by atoms with E-state index in [2.05, 4.69) is 5.32 Å². The highest BCUT2D eigenvalue weighted by Gasteiger charge is 2.18. The van der Waals surface area contributed by atoms with Crippen LogP contribution in [0.4, 0.5) is 10.1 Å². The van der Waals surface area contributed by atoms with Crippen molar-refractivity contribution in [1.29, 1.82) is 0 Å². The van der Waals surface area contributed by atoms with Crippen molar-refractivity contribution < 1.29 is 18.7 Å². The molecule has 2 aromatic carbocycles. The first-order valence-electron chi connectivity index (χ1n) is 8.49. The van der Waals surface area contributed by atoms with Gasteiger partial charge in [-0.25, -0.2) is 4.39 Å². The molecular formula is C20H25FN2O3. The van der Waals surface area contributed by atoms with Crippen LogP contribution in [0.5, 0.6) is 11.5 Å². The lowest BCUT2D eigenvalue weighted by atomic mass is 10.1. The zero-order valence-corrected chi connectivity index (χ0v) is 15.6. The van der Waals surface area contributed by atoms with Crippen LogP contribution >= 0.6 is 0 Å². The van der Waals surface area contributed by atoms with Crippen LogP contribution in [-0.4, -0.2) is 38.1 Å². The number of nitrogens with zero attached hydrogens (tertiary/aromatic N) is 1. The first-order valence-corrected chi connectivity index (χ1v) is 8.49. The van der Waals surface area contributed by atoms with Crippen LogP contribution in [-0.2, 0) is 4.79 Å². The van der Waals surface area contributed by atoms with E-state index < -0.39 is 0 Å². The summed E-state index contributed by atoms with van der Waals surface area (Å²) in [6, 6.07) is 11.6. The molecule has 0 aromatic heterocycles. The fourth-order valence-corrected chi connectivity index (χ4v) is 2.77. The quantitative estimate of drug-likeness (QED) is 0.777. The molecule has 0 saturated heterocycles. The third-order valence-electron chi connectivity index (χ3n) is 4.32.